The van der Waals surface area contributed by atoms with Gasteiger partial charge in [0, 0.05) is 21.3 Å². The monoisotopic (exact) mass is 296 g/mol. The smallest absolute Gasteiger partial charge is 0.313 e. The second-order valence-corrected chi connectivity index (χ2v) is 6.07. The van der Waals surface area contributed by atoms with E-state index < -0.39 is 5.97 Å². The van der Waals surface area contributed by atoms with Crippen molar-refractivity contribution in [2.45, 2.75) is 23.6 Å². The summed E-state index contributed by atoms with van der Waals surface area (Å²) in [4.78, 5) is 12.5. The predicted molar refractivity (Wildman–Crippen MR) is 81.4 cm³/mol. The van der Waals surface area contributed by atoms with Crippen LogP contribution < -0.4 is 0 Å². The lowest BCUT2D eigenvalue weighted by atomic mass is 10.2. The van der Waals surface area contributed by atoms with Gasteiger partial charge in [-0.25, -0.2) is 0 Å². The molecular formula is C13H16N2O2S2. The Labute approximate surface area is 121 Å². The van der Waals surface area contributed by atoms with E-state index in [1.165, 1.54) is 23.5 Å². The topological polar surface area (TPSA) is 85.0 Å². The first-order valence-corrected chi connectivity index (χ1v) is 7.58. The maximum Gasteiger partial charge on any atom is 0.313 e. The zero-order valence-corrected chi connectivity index (χ0v) is 12.5. The van der Waals surface area contributed by atoms with Crippen LogP contribution in [0.4, 0.5) is 0 Å². The number of aryl methyl sites for hydroxylation is 1. The fourth-order valence-corrected chi connectivity index (χ4v) is 2.96. The summed E-state index contributed by atoms with van der Waals surface area (Å²) in [7, 11) is 0. The Balaban J connectivity index is 2.63. The average molecular weight is 296 g/mol. The van der Waals surface area contributed by atoms with E-state index in [9.17, 15) is 4.79 Å². The SMILES string of the molecule is CC(=N)C(=N)CSc1ccc(SCC(=O)O)c(C)c1. The van der Waals surface area contributed by atoms with Gasteiger partial charge in [0.2, 0.25) is 0 Å². The molecule has 0 amide bonds. The maximum absolute atomic E-state index is 10.5. The van der Waals surface area contributed by atoms with Gasteiger partial charge < -0.3 is 15.9 Å². The molecule has 1 aromatic rings. The second-order valence-electron chi connectivity index (χ2n) is 4.00. The van der Waals surface area contributed by atoms with Crippen LogP contribution in [-0.2, 0) is 4.79 Å². The molecular weight excluding hydrogens is 280 g/mol. The molecule has 0 unspecified atom stereocenters. The number of rotatable bonds is 7. The van der Waals surface area contributed by atoms with E-state index in [-0.39, 0.29) is 11.5 Å². The number of hydrogen-bond acceptors (Lipinski definition) is 5. The number of thioether (sulfide) groups is 2. The normalized spacial score (nSPS) is 10.2. The molecule has 0 saturated heterocycles. The third kappa shape index (κ3) is 5.48. The zero-order valence-electron chi connectivity index (χ0n) is 10.8. The van der Waals surface area contributed by atoms with Crippen molar-refractivity contribution in [3.8, 4) is 0 Å². The van der Waals surface area contributed by atoms with E-state index in [1.54, 1.807) is 6.92 Å². The summed E-state index contributed by atoms with van der Waals surface area (Å²) in [6.07, 6.45) is 0. The lowest BCUT2D eigenvalue weighted by molar-refractivity contribution is -0.133. The van der Waals surface area contributed by atoms with Gasteiger partial charge >= 0.3 is 5.97 Å². The molecule has 0 fully saturated rings. The van der Waals surface area contributed by atoms with Crippen LogP contribution in [0.15, 0.2) is 28.0 Å². The first kappa shape index (κ1) is 15.8. The molecule has 102 valence electrons. The van der Waals surface area contributed by atoms with E-state index in [2.05, 4.69) is 0 Å². The summed E-state index contributed by atoms with van der Waals surface area (Å²) in [5.74, 6) is -0.279. The highest BCUT2D eigenvalue weighted by atomic mass is 32.2. The van der Waals surface area contributed by atoms with Gasteiger partial charge in [-0.3, -0.25) is 4.79 Å². The van der Waals surface area contributed by atoms with Crippen LogP contribution in [0.5, 0.6) is 0 Å². The van der Waals surface area contributed by atoms with Crippen molar-refractivity contribution in [2.75, 3.05) is 11.5 Å². The van der Waals surface area contributed by atoms with Crippen molar-refractivity contribution in [2.24, 2.45) is 0 Å². The molecule has 0 aromatic heterocycles. The number of aliphatic carboxylic acids is 1. The number of hydrogen-bond donors (Lipinski definition) is 3. The van der Waals surface area contributed by atoms with Crippen molar-refractivity contribution < 1.29 is 9.90 Å². The molecule has 0 saturated carbocycles. The number of carboxylic acids is 1. The summed E-state index contributed by atoms with van der Waals surface area (Å²) in [6, 6.07) is 5.82. The number of carbonyl (C=O) groups is 1. The molecule has 1 rings (SSSR count). The lowest BCUT2D eigenvalue weighted by Gasteiger charge is -2.07. The van der Waals surface area contributed by atoms with Crippen molar-refractivity contribution >= 4 is 40.9 Å². The van der Waals surface area contributed by atoms with E-state index in [0.717, 1.165) is 15.4 Å². The third-order valence-corrected chi connectivity index (χ3v) is 4.51. The lowest BCUT2D eigenvalue weighted by Crippen LogP contribution is -2.09. The van der Waals surface area contributed by atoms with Gasteiger partial charge in [0.1, 0.15) is 0 Å². The minimum atomic E-state index is -0.822. The Morgan fingerprint density at radius 2 is 1.95 bits per heavy atom. The highest BCUT2D eigenvalue weighted by Crippen LogP contribution is 2.27. The van der Waals surface area contributed by atoms with Gasteiger partial charge in [-0.15, -0.1) is 23.5 Å². The van der Waals surface area contributed by atoms with Crippen LogP contribution in [-0.4, -0.2) is 34.0 Å². The Kier molecular flexibility index (Phi) is 6.11. The largest absolute Gasteiger partial charge is 0.481 e. The number of carboxylic acid groups (broad SMARTS) is 1. The summed E-state index contributed by atoms with van der Waals surface area (Å²) in [5.41, 5.74) is 1.65. The molecule has 6 heteroatoms. The van der Waals surface area contributed by atoms with Crippen LogP contribution in [0, 0.1) is 17.7 Å². The Morgan fingerprint density at radius 1 is 1.26 bits per heavy atom. The summed E-state index contributed by atoms with van der Waals surface area (Å²) < 4.78 is 0. The fourth-order valence-electron chi connectivity index (χ4n) is 1.28. The third-order valence-electron chi connectivity index (χ3n) is 2.33. The molecule has 3 N–H and O–H groups in total. The summed E-state index contributed by atoms with van der Waals surface area (Å²) >= 11 is 2.82. The van der Waals surface area contributed by atoms with E-state index in [0.29, 0.717) is 11.5 Å². The molecule has 0 aliphatic carbocycles. The molecule has 0 atom stereocenters. The quantitative estimate of drug-likeness (QED) is 0.532. The van der Waals surface area contributed by atoms with Gasteiger partial charge in [-0.1, -0.05) is 0 Å². The van der Waals surface area contributed by atoms with Crippen LogP contribution >= 0.6 is 23.5 Å². The van der Waals surface area contributed by atoms with Gasteiger partial charge in [0.05, 0.1) is 11.5 Å². The van der Waals surface area contributed by atoms with E-state index in [4.69, 9.17) is 15.9 Å². The van der Waals surface area contributed by atoms with Gasteiger partial charge in [0.15, 0.2) is 0 Å². The van der Waals surface area contributed by atoms with Crippen LogP contribution in [0.1, 0.15) is 12.5 Å². The first-order chi connectivity index (χ1) is 8.90. The van der Waals surface area contributed by atoms with Crippen LogP contribution in [0.25, 0.3) is 0 Å². The van der Waals surface area contributed by atoms with Crippen LogP contribution in [0.2, 0.25) is 0 Å². The number of nitrogens with one attached hydrogen (secondary N) is 2. The molecule has 0 radical (unpaired) electrons. The molecule has 0 bridgehead atoms. The van der Waals surface area contributed by atoms with Crippen molar-refractivity contribution in [1.29, 1.82) is 10.8 Å². The Morgan fingerprint density at radius 3 is 2.47 bits per heavy atom. The molecule has 0 heterocycles. The van der Waals surface area contributed by atoms with Crippen molar-refractivity contribution in [3.63, 3.8) is 0 Å². The standard InChI is InChI=1S/C13H16N2O2S2/c1-8-5-10(18-6-11(15)9(2)14)3-4-12(8)19-7-13(16)17/h3-5,14-15H,6-7H2,1-2H3,(H,16,17). The zero-order chi connectivity index (χ0) is 14.4. The molecule has 4 nitrogen and oxygen atoms in total. The summed E-state index contributed by atoms with van der Waals surface area (Å²) in [5, 5.41) is 23.6. The van der Waals surface area contributed by atoms with Crippen LogP contribution in [0.3, 0.4) is 0 Å². The molecule has 1 aromatic carbocycles. The number of benzene rings is 1. The van der Waals surface area contributed by atoms with Crippen molar-refractivity contribution in [1.82, 2.24) is 0 Å². The molecule has 19 heavy (non-hydrogen) atoms. The highest BCUT2D eigenvalue weighted by Gasteiger charge is 2.06. The fraction of sp³-hybridized carbons (Fsp3) is 0.308. The highest BCUT2D eigenvalue weighted by molar-refractivity contribution is 8.00. The average Bonchev–Trinajstić information content (AvgIpc) is 2.34. The Bertz CT molecular complexity index is 515. The molecule has 0 aliphatic heterocycles. The molecule has 0 aliphatic rings. The van der Waals surface area contributed by atoms with Gasteiger partial charge in [0.25, 0.3) is 0 Å². The van der Waals surface area contributed by atoms with E-state index in [1.807, 2.05) is 25.1 Å². The Hall–Kier alpha value is -1.27. The second kappa shape index (κ2) is 7.35. The minimum absolute atomic E-state index is 0.0605. The predicted octanol–water partition coefficient (Wildman–Crippen LogP) is 3.32. The summed E-state index contributed by atoms with van der Waals surface area (Å²) in [6.45, 7) is 3.56. The van der Waals surface area contributed by atoms with Gasteiger partial charge in [-0.2, -0.15) is 0 Å². The maximum atomic E-state index is 10.5. The molecule has 0 spiro atoms. The minimum Gasteiger partial charge on any atom is -0.481 e. The van der Waals surface area contributed by atoms with E-state index >= 15 is 0 Å². The van der Waals surface area contributed by atoms with Crippen molar-refractivity contribution in [3.05, 3.63) is 23.8 Å². The van der Waals surface area contributed by atoms with Gasteiger partial charge in [-0.05, 0) is 37.6 Å². The first-order valence-electron chi connectivity index (χ1n) is 5.61.